The summed E-state index contributed by atoms with van der Waals surface area (Å²) in [7, 11) is 3.74. The van der Waals surface area contributed by atoms with Crippen LogP contribution in [-0.4, -0.2) is 24.2 Å². The molecule has 0 saturated carbocycles. The Morgan fingerprint density at radius 3 is 2.30 bits per heavy atom. The molecule has 23 heavy (non-hydrogen) atoms. The predicted octanol–water partition coefficient (Wildman–Crippen LogP) is 4.46. The molecule has 2 rings (SSSR count). The van der Waals surface area contributed by atoms with Crippen LogP contribution in [0.3, 0.4) is 0 Å². The molecule has 0 aliphatic heterocycles. The summed E-state index contributed by atoms with van der Waals surface area (Å²) in [5.74, 6) is 1.71. The molecule has 0 bridgehead atoms. The van der Waals surface area contributed by atoms with Crippen LogP contribution < -0.4 is 4.74 Å². The van der Waals surface area contributed by atoms with Crippen LogP contribution in [0.4, 0.5) is 0 Å². The topological polar surface area (TPSA) is 32.7 Å². The zero-order valence-corrected chi connectivity index (χ0v) is 14.8. The van der Waals surface area contributed by atoms with Gasteiger partial charge in [-0.1, -0.05) is 32.0 Å². The van der Waals surface area contributed by atoms with Crippen molar-refractivity contribution in [3.05, 3.63) is 58.7 Å². The third-order valence-corrected chi connectivity index (χ3v) is 4.14. The number of methoxy groups -OCH3 is 1. The minimum atomic E-state index is 0.383. The first kappa shape index (κ1) is 17.4. The molecular formula is C20H27NO2. The average Bonchev–Trinajstić information content (AvgIpc) is 2.50. The summed E-state index contributed by atoms with van der Waals surface area (Å²) >= 11 is 0. The summed E-state index contributed by atoms with van der Waals surface area (Å²) in [5.41, 5.74) is 4.66. The first-order valence-electron chi connectivity index (χ1n) is 8.04. The molecule has 0 aliphatic carbocycles. The molecule has 3 heteroatoms. The quantitative estimate of drug-likeness (QED) is 0.854. The number of aryl methyl sites for hydroxylation is 1. The van der Waals surface area contributed by atoms with Crippen molar-refractivity contribution < 1.29 is 9.84 Å². The number of benzene rings is 2. The summed E-state index contributed by atoms with van der Waals surface area (Å²) in [4.78, 5) is 2.20. The van der Waals surface area contributed by atoms with E-state index in [0.717, 1.165) is 30.0 Å². The first-order valence-corrected chi connectivity index (χ1v) is 8.04. The SMILES string of the molecule is COc1ccc(CN(C)Cc2cc(C(C)C)c(C)cc2O)cc1. The maximum atomic E-state index is 10.2. The first-order chi connectivity index (χ1) is 10.9. The zero-order valence-electron chi connectivity index (χ0n) is 14.8. The maximum Gasteiger partial charge on any atom is 0.120 e. The van der Waals surface area contributed by atoms with Gasteiger partial charge in [-0.05, 0) is 54.8 Å². The minimum Gasteiger partial charge on any atom is -0.508 e. The molecule has 1 N–H and O–H groups in total. The van der Waals surface area contributed by atoms with Crippen molar-refractivity contribution in [2.75, 3.05) is 14.2 Å². The van der Waals surface area contributed by atoms with E-state index in [1.54, 1.807) is 7.11 Å². The van der Waals surface area contributed by atoms with Gasteiger partial charge in [0.15, 0.2) is 0 Å². The van der Waals surface area contributed by atoms with Crippen molar-refractivity contribution in [3.63, 3.8) is 0 Å². The molecule has 3 nitrogen and oxygen atoms in total. The molecular weight excluding hydrogens is 286 g/mol. The largest absolute Gasteiger partial charge is 0.508 e. The highest BCUT2D eigenvalue weighted by Crippen LogP contribution is 2.28. The fourth-order valence-electron chi connectivity index (χ4n) is 2.89. The van der Waals surface area contributed by atoms with Crippen LogP contribution in [0.5, 0.6) is 11.5 Å². The Kier molecular flexibility index (Phi) is 5.67. The van der Waals surface area contributed by atoms with Crippen LogP contribution in [0.2, 0.25) is 0 Å². The van der Waals surface area contributed by atoms with E-state index in [1.807, 2.05) is 18.2 Å². The van der Waals surface area contributed by atoms with Gasteiger partial charge in [-0.15, -0.1) is 0 Å². The number of rotatable bonds is 6. The van der Waals surface area contributed by atoms with Gasteiger partial charge in [0, 0.05) is 18.7 Å². The summed E-state index contributed by atoms with van der Waals surface area (Å²) < 4.78 is 5.19. The monoisotopic (exact) mass is 313 g/mol. The van der Waals surface area contributed by atoms with Gasteiger partial charge in [0.05, 0.1) is 7.11 Å². The number of nitrogens with zero attached hydrogens (tertiary/aromatic N) is 1. The van der Waals surface area contributed by atoms with E-state index in [2.05, 4.69) is 50.9 Å². The van der Waals surface area contributed by atoms with Crippen molar-refractivity contribution in [1.29, 1.82) is 0 Å². The fraction of sp³-hybridized carbons (Fsp3) is 0.400. The number of ether oxygens (including phenoxy) is 1. The van der Waals surface area contributed by atoms with Gasteiger partial charge in [0.1, 0.15) is 11.5 Å². The summed E-state index contributed by atoms with van der Waals surface area (Å²) in [6.45, 7) is 7.97. The molecule has 0 aliphatic rings. The molecule has 0 fully saturated rings. The Morgan fingerprint density at radius 2 is 1.74 bits per heavy atom. The lowest BCUT2D eigenvalue weighted by molar-refractivity contribution is 0.312. The second-order valence-corrected chi connectivity index (χ2v) is 6.51. The van der Waals surface area contributed by atoms with Crippen molar-refractivity contribution in [3.8, 4) is 11.5 Å². The van der Waals surface area contributed by atoms with Crippen molar-refractivity contribution >= 4 is 0 Å². The molecule has 0 unspecified atom stereocenters. The number of phenols is 1. The molecule has 0 radical (unpaired) electrons. The maximum absolute atomic E-state index is 10.2. The van der Waals surface area contributed by atoms with E-state index in [-0.39, 0.29) is 0 Å². The van der Waals surface area contributed by atoms with Crippen LogP contribution in [-0.2, 0) is 13.1 Å². The van der Waals surface area contributed by atoms with Crippen LogP contribution in [0.15, 0.2) is 36.4 Å². The van der Waals surface area contributed by atoms with E-state index < -0.39 is 0 Å². The highest BCUT2D eigenvalue weighted by atomic mass is 16.5. The molecule has 2 aromatic rings. The highest BCUT2D eigenvalue weighted by molar-refractivity contribution is 5.42. The van der Waals surface area contributed by atoms with Crippen LogP contribution in [0, 0.1) is 6.92 Å². The number of hydrogen-bond donors (Lipinski definition) is 1. The average molecular weight is 313 g/mol. The standard InChI is InChI=1S/C20H27NO2/c1-14(2)19-11-17(20(22)10-15(19)3)13-21(4)12-16-6-8-18(23-5)9-7-16/h6-11,14,22H,12-13H2,1-5H3. The van der Waals surface area contributed by atoms with E-state index in [4.69, 9.17) is 4.74 Å². The van der Waals surface area contributed by atoms with Crippen LogP contribution in [0.1, 0.15) is 42.0 Å². The highest BCUT2D eigenvalue weighted by Gasteiger charge is 2.11. The van der Waals surface area contributed by atoms with Gasteiger partial charge in [-0.25, -0.2) is 0 Å². The zero-order chi connectivity index (χ0) is 17.0. The van der Waals surface area contributed by atoms with Crippen molar-refractivity contribution in [1.82, 2.24) is 4.90 Å². The summed E-state index contributed by atoms with van der Waals surface area (Å²) in [6.07, 6.45) is 0. The van der Waals surface area contributed by atoms with Gasteiger partial charge >= 0.3 is 0 Å². The second kappa shape index (κ2) is 7.51. The molecule has 2 aromatic carbocycles. The third kappa shape index (κ3) is 4.49. The number of phenolic OH excluding ortho intramolecular Hbond substituents is 1. The summed E-state index contributed by atoms with van der Waals surface area (Å²) in [5, 5.41) is 10.2. The molecule has 0 amide bonds. The van der Waals surface area contributed by atoms with Crippen molar-refractivity contribution in [2.45, 2.75) is 39.8 Å². The Morgan fingerprint density at radius 1 is 1.09 bits per heavy atom. The van der Waals surface area contributed by atoms with E-state index in [9.17, 15) is 5.11 Å². The predicted molar refractivity (Wildman–Crippen MR) is 95.1 cm³/mol. The van der Waals surface area contributed by atoms with E-state index in [1.165, 1.54) is 11.1 Å². The minimum absolute atomic E-state index is 0.383. The van der Waals surface area contributed by atoms with Crippen molar-refractivity contribution in [2.24, 2.45) is 0 Å². The van der Waals surface area contributed by atoms with Gasteiger partial charge in [0.2, 0.25) is 0 Å². The van der Waals surface area contributed by atoms with Crippen LogP contribution in [0.25, 0.3) is 0 Å². The fourth-order valence-corrected chi connectivity index (χ4v) is 2.89. The van der Waals surface area contributed by atoms with Gasteiger partial charge in [0.25, 0.3) is 0 Å². The molecule has 0 aromatic heterocycles. The normalized spacial score (nSPS) is 11.3. The number of aromatic hydroxyl groups is 1. The van der Waals surface area contributed by atoms with Gasteiger partial charge < -0.3 is 9.84 Å². The molecule has 124 valence electrons. The smallest absolute Gasteiger partial charge is 0.120 e. The lowest BCUT2D eigenvalue weighted by atomic mass is 9.95. The van der Waals surface area contributed by atoms with Gasteiger partial charge in [-0.3, -0.25) is 4.90 Å². The summed E-state index contributed by atoms with van der Waals surface area (Å²) in [6, 6.07) is 12.1. The number of hydrogen-bond acceptors (Lipinski definition) is 3. The Labute approximate surface area is 139 Å². The Hall–Kier alpha value is -2.00. The molecule has 0 saturated heterocycles. The lowest BCUT2D eigenvalue weighted by Crippen LogP contribution is -2.17. The Bertz CT molecular complexity index is 647. The second-order valence-electron chi connectivity index (χ2n) is 6.51. The molecule has 0 spiro atoms. The third-order valence-electron chi connectivity index (χ3n) is 4.14. The Balaban J connectivity index is 2.09. The molecule has 0 heterocycles. The van der Waals surface area contributed by atoms with E-state index >= 15 is 0 Å². The molecule has 0 atom stereocenters. The lowest BCUT2D eigenvalue weighted by Gasteiger charge is -2.20. The van der Waals surface area contributed by atoms with E-state index in [0.29, 0.717) is 11.7 Å². The van der Waals surface area contributed by atoms with Crippen LogP contribution >= 0.6 is 0 Å². The van der Waals surface area contributed by atoms with Gasteiger partial charge in [-0.2, -0.15) is 0 Å².